The molecule has 0 amide bonds. The molecule has 3 unspecified atom stereocenters. The predicted molar refractivity (Wildman–Crippen MR) is 86.4 cm³/mol. The van der Waals surface area contributed by atoms with Crippen molar-refractivity contribution in [2.24, 2.45) is 11.8 Å². The highest BCUT2D eigenvalue weighted by molar-refractivity contribution is 5.77. The van der Waals surface area contributed by atoms with Crippen LogP contribution in [0, 0.1) is 25.7 Å². The summed E-state index contributed by atoms with van der Waals surface area (Å²) in [6, 6.07) is 4.53. The van der Waals surface area contributed by atoms with Crippen LogP contribution in [0.2, 0.25) is 0 Å². The summed E-state index contributed by atoms with van der Waals surface area (Å²) in [6.45, 7) is 8.84. The van der Waals surface area contributed by atoms with Gasteiger partial charge in [0.15, 0.2) is 0 Å². The Morgan fingerprint density at radius 2 is 1.90 bits per heavy atom. The van der Waals surface area contributed by atoms with Gasteiger partial charge in [0.25, 0.3) is 0 Å². The number of aliphatic hydroxyl groups is 1. The second-order valence-corrected chi connectivity index (χ2v) is 7.03. The van der Waals surface area contributed by atoms with Crippen LogP contribution in [-0.4, -0.2) is 20.8 Å². The molecule has 1 saturated carbocycles. The number of aliphatic hydroxyl groups excluding tert-OH is 1. The summed E-state index contributed by atoms with van der Waals surface area (Å²) < 4.78 is 2.21. The van der Waals surface area contributed by atoms with Crippen molar-refractivity contribution >= 4 is 11.0 Å². The van der Waals surface area contributed by atoms with Crippen molar-refractivity contribution in [2.75, 3.05) is 0 Å². The maximum absolute atomic E-state index is 10.5. The molecule has 0 bridgehead atoms. The SMILES string of the molecule is Cc1cc2ncn(C3CC(C(C)C)CCC3O)c2cc1C. The third kappa shape index (κ3) is 2.59. The van der Waals surface area contributed by atoms with Gasteiger partial charge in [-0.15, -0.1) is 0 Å². The normalized spacial score (nSPS) is 26.7. The van der Waals surface area contributed by atoms with Gasteiger partial charge in [0.1, 0.15) is 0 Å². The lowest BCUT2D eigenvalue weighted by atomic mass is 9.78. The van der Waals surface area contributed by atoms with Crippen molar-refractivity contribution in [3.8, 4) is 0 Å². The quantitative estimate of drug-likeness (QED) is 0.905. The van der Waals surface area contributed by atoms with E-state index in [2.05, 4.69) is 49.4 Å². The number of aromatic nitrogens is 2. The second-order valence-electron chi connectivity index (χ2n) is 7.03. The van der Waals surface area contributed by atoms with Crippen LogP contribution in [0.3, 0.4) is 0 Å². The van der Waals surface area contributed by atoms with Gasteiger partial charge < -0.3 is 9.67 Å². The highest BCUT2D eigenvalue weighted by Crippen LogP contribution is 2.38. The molecule has 2 aromatic rings. The molecule has 0 spiro atoms. The Kier molecular flexibility index (Phi) is 3.78. The molecule has 3 atom stereocenters. The first-order valence-electron chi connectivity index (χ1n) is 8.09. The van der Waals surface area contributed by atoms with Gasteiger partial charge in [-0.2, -0.15) is 0 Å². The van der Waals surface area contributed by atoms with Crippen LogP contribution >= 0.6 is 0 Å². The van der Waals surface area contributed by atoms with E-state index in [4.69, 9.17) is 0 Å². The molecule has 3 rings (SSSR count). The summed E-state index contributed by atoms with van der Waals surface area (Å²) in [7, 11) is 0. The summed E-state index contributed by atoms with van der Waals surface area (Å²) in [6.07, 6.45) is 4.76. The van der Waals surface area contributed by atoms with E-state index in [1.807, 2.05) is 6.33 Å². The highest BCUT2D eigenvalue weighted by atomic mass is 16.3. The Balaban J connectivity index is 2.00. The van der Waals surface area contributed by atoms with E-state index in [9.17, 15) is 5.11 Å². The molecular formula is C18H26N2O. The Labute approximate surface area is 127 Å². The minimum absolute atomic E-state index is 0.165. The first kappa shape index (κ1) is 14.6. The molecule has 0 radical (unpaired) electrons. The van der Waals surface area contributed by atoms with Crippen LogP contribution < -0.4 is 0 Å². The van der Waals surface area contributed by atoms with Crippen LogP contribution in [0.5, 0.6) is 0 Å². The number of rotatable bonds is 2. The average molecular weight is 286 g/mol. The Hall–Kier alpha value is -1.35. The summed E-state index contributed by atoms with van der Waals surface area (Å²) in [5.74, 6) is 1.38. The van der Waals surface area contributed by atoms with Crippen molar-refractivity contribution in [1.82, 2.24) is 9.55 Å². The predicted octanol–water partition coefficient (Wildman–Crippen LogP) is 4.01. The van der Waals surface area contributed by atoms with Crippen molar-refractivity contribution in [3.05, 3.63) is 29.6 Å². The van der Waals surface area contributed by atoms with Crippen LogP contribution in [0.15, 0.2) is 18.5 Å². The fourth-order valence-electron chi connectivity index (χ4n) is 3.61. The van der Waals surface area contributed by atoms with Gasteiger partial charge in [0, 0.05) is 0 Å². The van der Waals surface area contributed by atoms with E-state index in [0.717, 1.165) is 30.3 Å². The molecule has 1 aliphatic carbocycles. The fraction of sp³-hybridized carbons (Fsp3) is 0.611. The molecule has 1 heterocycles. The van der Waals surface area contributed by atoms with Crippen LogP contribution in [0.25, 0.3) is 11.0 Å². The van der Waals surface area contributed by atoms with Crippen molar-refractivity contribution in [3.63, 3.8) is 0 Å². The summed E-state index contributed by atoms with van der Waals surface area (Å²) in [5.41, 5.74) is 4.76. The highest BCUT2D eigenvalue weighted by Gasteiger charge is 2.32. The van der Waals surface area contributed by atoms with Crippen molar-refractivity contribution in [2.45, 2.75) is 59.1 Å². The van der Waals surface area contributed by atoms with Gasteiger partial charge in [-0.25, -0.2) is 4.98 Å². The second kappa shape index (κ2) is 5.45. The van der Waals surface area contributed by atoms with E-state index >= 15 is 0 Å². The topological polar surface area (TPSA) is 38.0 Å². The van der Waals surface area contributed by atoms with Gasteiger partial charge in [-0.3, -0.25) is 0 Å². The summed E-state index contributed by atoms with van der Waals surface area (Å²) in [5, 5.41) is 10.5. The number of imidazole rings is 1. The molecule has 3 heteroatoms. The van der Waals surface area contributed by atoms with E-state index in [1.165, 1.54) is 11.1 Å². The maximum Gasteiger partial charge on any atom is 0.0961 e. The van der Waals surface area contributed by atoms with E-state index in [1.54, 1.807) is 0 Å². The van der Waals surface area contributed by atoms with Crippen LogP contribution in [0.4, 0.5) is 0 Å². The van der Waals surface area contributed by atoms with E-state index in [-0.39, 0.29) is 12.1 Å². The first-order valence-corrected chi connectivity index (χ1v) is 8.09. The fourth-order valence-corrected chi connectivity index (χ4v) is 3.61. The molecule has 1 fully saturated rings. The molecule has 1 aliphatic rings. The third-order valence-electron chi connectivity index (χ3n) is 5.31. The van der Waals surface area contributed by atoms with Gasteiger partial charge in [-0.1, -0.05) is 13.8 Å². The molecule has 0 aliphatic heterocycles. The number of fused-ring (bicyclic) bond motifs is 1. The zero-order chi connectivity index (χ0) is 15.1. The molecule has 3 nitrogen and oxygen atoms in total. The minimum Gasteiger partial charge on any atom is -0.391 e. The van der Waals surface area contributed by atoms with Crippen molar-refractivity contribution in [1.29, 1.82) is 0 Å². The third-order valence-corrected chi connectivity index (χ3v) is 5.31. The molecule has 0 saturated heterocycles. The largest absolute Gasteiger partial charge is 0.391 e. The number of hydrogen-bond acceptors (Lipinski definition) is 2. The molecular weight excluding hydrogens is 260 g/mol. The number of aryl methyl sites for hydroxylation is 2. The van der Waals surface area contributed by atoms with E-state index in [0.29, 0.717) is 11.8 Å². The van der Waals surface area contributed by atoms with Crippen LogP contribution in [0.1, 0.15) is 50.3 Å². The average Bonchev–Trinajstić information content (AvgIpc) is 2.82. The zero-order valence-electron chi connectivity index (χ0n) is 13.5. The smallest absolute Gasteiger partial charge is 0.0961 e. The van der Waals surface area contributed by atoms with Crippen LogP contribution in [-0.2, 0) is 0 Å². The summed E-state index contributed by atoms with van der Waals surface area (Å²) >= 11 is 0. The van der Waals surface area contributed by atoms with Gasteiger partial charge in [0.05, 0.1) is 29.5 Å². The van der Waals surface area contributed by atoms with Gasteiger partial charge in [-0.05, 0) is 68.2 Å². The molecule has 114 valence electrons. The number of hydrogen-bond donors (Lipinski definition) is 1. The standard InChI is InChI=1S/C18H26N2O/c1-11(2)14-5-6-18(21)17(9-14)20-10-19-15-7-12(3)13(4)8-16(15)20/h7-8,10-11,14,17-18,21H,5-6,9H2,1-4H3. The Morgan fingerprint density at radius 1 is 1.19 bits per heavy atom. The molecule has 1 N–H and O–H groups in total. The molecule has 1 aromatic heterocycles. The van der Waals surface area contributed by atoms with Crippen molar-refractivity contribution < 1.29 is 5.11 Å². The first-order chi connectivity index (χ1) is 9.97. The lowest BCUT2D eigenvalue weighted by Gasteiger charge is -2.36. The zero-order valence-corrected chi connectivity index (χ0v) is 13.5. The Bertz CT molecular complexity index is 644. The molecule has 21 heavy (non-hydrogen) atoms. The number of nitrogens with zero attached hydrogens (tertiary/aromatic N) is 2. The maximum atomic E-state index is 10.5. The Morgan fingerprint density at radius 3 is 2.62 bits per heavy atom. The molecule has 1 aromatic carbocycles. The lowest BCUT2D eigenvalue weighted by Crippen LogP contribution is -2.32. The van der Waals surface area contributed by atoms with E-state index < -0.39 is 0 Å². The minimum atomic E-state index is -0.251. The lowest BCUT2D eigenvalue weighted by molar-refractivity contribution is 0.0454. The van der Waals surface area contributed by atoms with Gasteiger partial charge >= 0.3 is 0 Å². The van der Waals surface area contributed by atoms with Gasteiger partial charge in [0.2, 0.25) is 0 Å². The monoisotopic (exact) mass is 286 g/mol. The number of benzene rings is 1. The summed E-state index contributed by atoms with van der Waals surface area (Å²) in [4.78, 5) is 4.55.